The maximum Gasteiger partial charge on any atom is 0.275 e. The van der Waals surface area contributed by atoms with Crippen molar-refractivity contribution in [3.8, 4) is 0 Å². The summed E-state index contributed by atoms with van der Waals surface area (Å²) in [6.07, 6.45) is 1.93. The third-order valence-corrected chi connectivity index (χ3v) is 4.48. The van der Waals surface area contributed by atoms with Crippen LogP contribution >= 0.6 is 11.3 Å². The molecule has 0 aliphatic carbocycles. The highest BCUT2D eigenvalue weighted by Crippen LogP contribution is 2.28. The number of carbonyl (C=O) groups is 1. The maximum atomic E-state index is 11.6. The van der Waals surface area contributed by atoms with Crippen LogP contribution in [0.1, 0.15) is 27.5 Å². The lowest BCUT2D eigenvalue weighted by molar-refractivity contribution is 0.0957. The summed E-state index contributed by atoms with van der Waals surface area (Å²) >= 11 is 1.30. The van der Waals surface area contributed by atoms with E-state index in [0.717, 1.165) is 41.0 Å². The monoisotopic (exact) mass is 263 g/mol. The van der Waals surface area contributed by atoms with Crippen LogP contribution in [0.5, 0.6) is 0 Å². The van der Waals surface area contributed by atoms with Gasteiger partial charge in [-0.2, -0.15) is 0 Å². The Bertz CT molecular complexity index is 714. The molecule has 0 spiro atoms. The molecule has 0 aromatic carbocycles. The number of rotatable bonds is 1. The number of aromatic nitrogens is 2. The third kappa shape index (κ3) is 1.41. The van der Waals surface area contributed by atoms with E-state index in [9.17, 15) is 4.79 Å². The highest BCUT2D eigenvalue weighted by molar-refractivity contribution is 7.20. The molecule has 3 heterocycles. The van der Waals surface area contributed by atoms with Crippen molar-refractivity contribution in [1.29, 1.82) is 5.41 Å². The van der Waals surface area contributed by atoms with Crippen LogP contribution in [0.25, 0.3) is 10.2 Å². The number of nitrogens with two attached hydrogens (primary N) is 1. The molecule has 0 atom stereocenters. The summed E-state index contributed by atoms with van der Waals surface area (Å²) in [6, 6.07) is 0. The summed E-state index contributed by atoms with van der Waals surface area (Å²) < 4.78 is 1.92. The zero-order chi connectivity index (χ0) is 12.9. The van der Waals surface area contributed by atoms with Gasteiger partial charge in [-0.25, -0.2) is 10.8 Å². The van der Waals surface area contributed by atoms with Crippen LogP contribution in [0.15, 0.2) is 0 Å². The molecule has 1 aliphatic rings. The van der Waals surface area contributed by atoms with Gasteiger partial charge in [0.15, 0.2) is 0 Å². The van der Waals surface area contributed by atoms with Crippen molar-refractivity contribution in [2.45, 2.75) is 26.3 Å². The zero-order valence-corrected chi connectivity index (χ0v) is 10.7. The molecule has 0 saturated heterocycles. The number of hydrazine groups is 1. The van der Waals surface area contributed by atoms with Crippen molar-refractivity contribution in [2.75, 3.05) is 0 Å². The van der Waals surface area contributed by atoms with Crippen molar-refractivity contribution in [1.82, 2.24) is 15.0 Å². The number of aryl methyl sites for hydroxylation is 2. The van der Waals surface area contributed by atoms with Gasteiger partial charge in [0.25, 0.3) is 5.91 Å². The molecule has 0 unspecified atom stereocenters. The minimum Gasteiger partial charge on any atom is -0.314 e. The molecule has 2 aromatic rings. The highest BCUT2D eigenvalue weighted by Gasteiger charge is 2.21. The molecule has 6 nitrogen and oxygen atoms in total. The lowest BCUT2D eigenvalue weighted by atomic mass is 10.2. The molecule has 4 N–H and O–H groups in total. The highest BCUT2D eigenvalue weighted by atomic mass is 32.1. The summed E-state index contributed by atoms with van der Waals surface area (Å²) in [5.41, 5.74) is 3.38. The second kappa shape index (κ2) is 3.89. The quantitative estimate of drug-likeness (QED) is 0.395. The lowest BCUT2D eigenvalue weighted by Crippen LogP contribution is -2.29. The summed E-state index contributed by atoms with van der Waals surface area (Å²) in [5, 5.41) is 9.01. The summed E-state index contributed by atoms with van der Waals surface area (Å²) in [7, 11) is 0. The largest absolute Gasteiger partial charge is 0.314 e. The van der Waals surface area contributed by atoms with Crippen molar-refractivity contribution >= 4 is 27.5 Å². The molecule has 2 aromatic heterocycles. The van der Waals surface area contributed by atoms with E-state index in [0.29, 0.717) is 10.4 Å². The first-order valence-corrected chi connectivity index (χ1v) is 6.53. The first kappa shape index (κ1) is 11.4. The van der Waals surface area contributed by atoms with Crippen LogP contribution in [-0.4, -0.2) is 15.5 Å². The van der Waals surface area contributed by atoms with Crippen LogP contribution in [0.3, 0.4) is 0 Å². The molecule has 0 fully saturated rings. The van der Waals surface area contributed by atoms with E-state index in [1.165, 1.54) is 11.3 Å². The number of thiophene rings is 1. The fourth-order valence-electron chi connectivity index (χ4n) is 2.41. The Morgan fingerprint density at radius 2 is 2.39 bits per heavy atom. The lowest BCUT2D eigenvalue weighted by Gasteiger charge is -2.04. The normalized spacial score (nSPS) is 13.9. The van der Waals surface area contributed by atoms with Crippen molar-refractivity contribution in [2.24, 2.45) is 5.84 Å². The summed E-state index contributed by atoms with van der Waals surface area (Å²) in [4.78, 5) is 17.5. The Hall–Kier alpha value is -1.73. The predicted molar refractivity (Wildman–Crippen MR) is 68.2 cm³/mol. The standard InChI is InChI=1S/C11H13N5OS/c1-5-7-9(12)16-4-2-3-6(16)14-11(7)18-8(5)10(17)15-13/h12H,2-4,13H2,1H3,(H,15,17). The topological polar surface area (TPSA) is 96.8 Å². The van der Waals surface area contributed by atoms with Gasteiger partial charge in [0.05, 0.1) is 10.3 Å². The second-order valence-electron chi connectivity index (χ2n) is 4.34. The molecule has 7 heteroatoms. The van der Waals surface area contributed by atoms with Crippen LogP contribution in [0.4, 0.5) is 0 Å². The van der Waals surface area contributed by atoms with Crippen LogP contribution in [0, 0.1) is 12.3 Å². The minimum absolute atomic E-state index is 0.319. The molecule has 1 amide bonds. The first-order chi connectivity index (χ1) is 8.63. The fraction of sp³-hybridized carbons (Fsp3) is 0.364. The van der Waals surface area contributed by atoms with E-state index in [-0.39, 0.29) is 5.91 Å². The molecule has 1 aliphatic heterocycles. The fourth-order valence-corrected chi connectivity index (χ4v) is 3.51. The number of nitrogen functional groups attached to an aromatic ring is 1. The number of fused-ring (bicyclic) bond motifs is 2. The number of nitrogens with one attached hydrogen (secondary N) is 2. The van der Waals surface area contributed by atoms with E-state index in [2.05, 4.69) is 10.4 Å². The van der Waals surface area contributed by atoms with Crippen LogP contribution in [-0.2, 0) is 13.0 Å². The van der Waals surface area contributed by atoms with Gasteiger partial charge in [-0.05, 0) is 18.9 Å². The Kier molecular flexibility index (Phi) is 2.46. The number of hydrogen-bond donors (Lipinski definition) is 3. The third-order valence-electron chi connectivity index (χ3n) is 3.30. The van der Waals surface area contributed by atoms with E-state index in [1.807, 2.05) is 11.5 Å². The molecule has 0 bridgehead atoms. The van der Waals surface area contributed by atoms with Gasteiger partial charge in [-0.3, -0.25) is 15.6 Å². The van der Waals surface area contributed by atoms with Gasteiger partial charge in [0.2, 0.25) is 0 Å². The summed E-state index contributed by atoms with van der Waals surface area (Å²) in [5.74, 6) is 5.78. The van der Waals surface area contributed by atoms with E-state index in [1.54, 1.807) is 0 Å². The van der Waals surface area contributed by atoms with Crippen molar-refractivity contribution < 1.29 is 4.79 Å². The Morgan fingerprint density at radius 1 is 1.61 bits per heavy atom. The zero-order valence-electron chi connectivity index (χ0n) is 9.91. The molecule has 0 saturated carbocycles. The Labute approximate surface area is 107 Å². The number of hydrogen-bond acceptors (Lipinski definition) is 5. The molecular formula is C11H13N5OS. The number of nitrogens with zero attached hydrogens (tertiary/aromatic N) is 2. The average molecular weight is 263 g/mol. The van der Waals surface area contributed by atoms with E-state index < -0.39 is 0 Å². The molecular weight excluding hydrogens is 250 g/mol. The van der Waals surface area contributed by atoms with Gasteiger partial charge >= 0.3 is 0 Å². The van der Waals surface area contributed by atoms with Crippen molar-refractivity contribution in [3.05, 3.63) is 21.8 Å². The van der Waals surface area contributed by atoms with E-state index in [4.69, 9.17) is 11.3 Å². The molecule has 3 rings (SSSR count). The Morgan fingerprint density at radius 3 is 3.11 bits per heavy atom. The average Bonchev–Trinajstić information content (AvgIpc) is 2.94. The predicted octanol–water partition coefficient (Wildman–Crippen LogP) is 0.435. The van der Waals surface area contributed by atoms with Crippen molar-refractivity contribution in [3.63, 3.8) is 0 Å². The van der Waals surface area contributed by atoms with Gasteiger partial charge in [-0.1, -0.05) is 0 Å². The van der Waals surface area contributed by atoms with Crippen LogP contribution < -0.4 is 16.8 Å². The SMILES string of the molecule is Cc1c(C(=O)NN)sc2nc3n(c(=N)c12)CCC3. The van der Waals surface area contributed by atoms with Gasteiger partial charge in [0, 0.05) is 13.0 Å². The molecule has 94 valence electrons. The van der Waals surface area contributed by atoms with Gasteiger partial charge in [0.1, 0.15) is 16.1 Å². The molecule has 18 heavy (non-hydrogen) atoms. The van der Waals surface area contributed by atoms with Gasteiger partial charge in [-0.15, -0.1) is 11.3 Å². The smallest absolute Gasteiger partial charge is 0.275 e. The Balaban J connectivity index is 2.36. The van der Waals surface area contributed by atoms with Crippen LogP contribution in [0.2, 0.25) is 0 Å². The first-order valence-electron chi connectivity index (χ1n) is 5.72. The number of amides is 1. The molecule has 0 radical (unpaired) electrons. The second-order valence-corrected chi connectivity index (χ2v) is 5.34. The van der Waals surface area contributed by atoms with E-state index >= 15 is 0 Å². The minimum atomic E-state index is -0.319. The van der Waals surface area contributed by atoms with Gasteiger partial charge < -0.3 is 4.57 Å². The maximum absolute atomic E-state index is 11.6. The number of carbonyl (C=O) groups excluding carboxylic acids is 1. The summed E-state index contributed by atoms with van der Waals surface area (Å²) in [6.45, 7) is 2.68.